The summed E-state index contributed by atoms with van der Waals surface area (Å²) in [6.07, 6.45) is 0. The first-order valence-electron chi connectivity index (χ1n) is 27.9. The Bertz CT molecular complexity index is 3460. The predicted molar refractivity (Wildman–Crippen MR) is 341 cm³/mol. The molecular weight excluding hydrogens is 1140 g/mol. The molecular formula is C69H72O12P4. The summed E-state index contributed by atoms with van der Waals surface area (Å²) < 4.78 is 92.7. The minimum atomic E-state index is -4.88. The number of rotatable bonds is 24. The molecule has 8 aromatic carbocycles. The molecule has 85 heavy (non-hydrogen) atoms. The highest BCUT2D eigenvalue weighted by molar-refractivity contribution is 7.84. The van der Waals surface area contributed by atoms with E-state index in [1.54, 1.807) is 177 Å². The smallest absolute Gasteiger partial charge is 0.300 e. The molecule has 4 atom stereocenters. The van der Waals surface area contributed by atoms with Gasteiger partial charge in [-0.15, -0.1) is 0 Å². The van der Waals surface area contributed by atoms with E-state index < -0.39 is 83.4 Å². The van der Waals surface area contributed by atoms with Crippen LogP contribution in [-0.2, 0) is 36.4 Å². The third-order valence-electron chi connectivity index (χ3n) is 15.2. The molecule has 0 heterocycles. The molecule has 12 nitrogen and oxygen atoms in total. The lowest BCUT2D eigenvalue weighted by Crippen LogP contribution is -2.43. The van der Waals surface area contributed by atoms with Gasteiger partial charge in [-0.2, -0.15) is 0 Å². The molecule has 0 radical (unpaired) electrons. The van der Waals surface area contributed by atoms with Crippen LogP contribution in [0.15, 0.2) is 170 Å². The van der Waals surface area contributed by atoms with Gasteiger partial charge in [-0.25, -0.2) is 0 Å². The fourth-order valence-corrected chi connectivity index (χ4v) is 20.0. The van der Waals surface area contributed by atoms with E-state index in [2.05, 4.69) is 0 Å². The van der Waals surface area contributed by atoms with Gasteiger partial charge in [0.05, 0.1) is 31.8 Å². The van der Waals surface area contributed by atoms with Gasteiger partial charge in [-0.05, 0) is 176 Å². The number of hydrogen-bond acceptors (Lipinski definition) is 12. The van der Waals surface area contributed by atoms with E-state index in [-0.39, 0.29) is 43.5 Å². The standard InChI is InChI=1S/C69H72O12P4/c1-45-33-49(5)61(50(6)34-45)65(70)82(74,57-25-17-13-18-26-57)78-41-69(42-79-83(75,58-27-19-14-20-28-58)66(71)62-51(7)35-46(2)36-52(62)8,43-80-84(76,59-29-21-15-22-30-59)67(72)63-53(9)37-47(3)38-54(63)10)44-81-85(77,60-31-23-16-24-32-60)68(73)64-55(11)39-48(4)40-56(64)12/h13-40H,41-44H2,1-12H3. The van der Waals surface area contributed by atoms with E-state index in [0.717, 1.165) is 22.3 Å². The quantitative estimate of drug-likeness (QED) is 0.0525. The Morgan fingerprint density at radius 3 is 0.588 bits per heavy atom. The molecule has 0 aliphatic carbocycles. The van der Waals surface area contributed by atoms with Crippen molar-refractivity contribution in [2.75, 3.05) is 26.4 Å². The van der Waals surface area contributed by atoms with Crippen LogP contribution in [0.3, 0.4) is 0 Å². The van der Waals surface area contributed by atoms with Crippen molar-refractivity contribution in [3.8, 4) is 0 Å². The van der Waals surface area contributed by atoms with E-state index in [1.807, 2.05) is 27.7 Å². The van der Waals surface area contributed by atoms with Gasteiger partial charge in [-0.3, -0.25) is 37.4 Å². The highest BCUT2D eigenvalue weighted by atomic mass is 31.2. The van der Waals surface area contributed by atoms with Crippen molar-refractivity contribution in [3.05, 3.63) is 259 Å². The lowest BCUT2D eigenvalue weighted by Gasteiger charge is -2.37. The van der Waals surface area contributed by atoms with Crippen molar-refractivity contribution in [2.24, 2.45) is 5.41 Å². The summed E-state index contributed by atoms with van der Waals surface area (Å²) in [5, 5.41) is -0.0652. The molecule has 440 valence electrons. The van der Waals surface area contributed by atoms with Gasteiger partial charge < -0.3 is 18.1 Å². The first kappa shape index (κ1) is 64.2. The molecule has 8 aromatic rings. The fourth-order valence-electron chi connectivity index (χ4n) is 11.3. The molecule has 0 amide bonds. The van der Waals surface area contributed by atoms with Gasteiger partial charge in [0.25, 0.3) is 22.1 Å². The minimum Gasteiger partial charge on any atom is -0.319 e. The zero-order valence-corrected chi connectivity index (χ0v) is 53.8. The Labute approximate surface area is 499 Å². The van der Waals surface area contributed by atoms with Gasteiger partial charge in [0.2, 0.25) is 0 Å². The topological polar surface area (TPSA) is 173 Å². The Kier molecular flexibility index (Phi) is 19.7. The van der Waals surface area contributed by atoms with E-state index in [4.69, 9.17) is 18.1 Å². The van der Waals surface area contributed by atoms with Gasteiger partial charge >= 0.3 is 29.5 Å². The average molecular weight is 1220 g/mol. The normalized spacial score (nSPS) is 15.1. The lowest BCUT2D eigenvalue weighted by molar-refractivity contribution is 0.00175. The van der Waals surface area contributed by atoms with E-state index >= 15 is 37.4 Å². The van der Waals surface area contributed by atoms with Gasteiger partial charge in [0.15, 0.2) is 0 Å². The Hall–Kier alpha value is -6.80. The highest BCUT2D eigenvalue weighted by Gasteiger charge is 2.50. The summed E-state index contributed by atoms with van der Waals surface area (Å²) >= 11 is 0. The van der Waals surface area contributed by atoms with Gasteiger partial charge in [0.1, 0.15) is 0 Å². The maximum absolute atomic E-state index is 16.4. The van der Waals surface area contributed by atoms with Crippen LogP contribution in [-0.4, -0.2) is 48.5 Å². The molecule has 0 spiro atoms. The molecule has 0 N–H and O–H groups in total. The molecule has 4 unspecified atom stereocenters. The molecule has 8 rings (SSSR count). The van der Waals surface area contributed by atoms with Gasteiger partial charge in [-0.1, -0.05) is 144 Å². The van der Waals surface area contributed by atoms with Crippen molar-refractivity contribution < 1.29 is 55.5 Å². The van der Waals surface area contributed by atoms with Crippen molar-refractivity contribution >= 4 is 72.8 Å². The molecule has 0 aromatic heterocycles. The largest absolute Gasteiger partial charge is 0.319 e. The zero-order chi connectivity index (χ0) is 61.8. The summed E-state index contributed by atoms with van der Waals surface area (Å²) in [6, 6.07) is 45.7. The molecule has 0 aliphatic heterocycles. The SMILES string of the molecule is Cc1cc(C)c(C(=O)P(=O)(OCC(COP(=O)(C(=O)c2c(C)cc(C)cc2C)c2ccccc2)(COP(=O)(C(=O)c2c(C)cc(C)cc2C)c2ccccc2)COP(=O)(C(=O)c2c(C)cc(C)cc2C)c2ccccc2)c2ccccc2)c(C)c1. The zero-order valence-electron chi connectivity index (χ0n) is 50.2. The highest BCUT2D eigenvalue weighted by Crippen LogP contribution is 2.58. The fraction of sp³-hybridized carbons (Fsp3) is 0.246. The van der Waals surface area contributed by atoms with Crippen molar-refractivity contribution in [2.45, 2.75) is 83.1 Å². The minimum absolute atomic E-state index is 0.0163. The molecule has 16 heteroatoms. The summed E-state index contributed by atoms with van der Waals surface area (Å²) in [6.45, 7) is 17.5. The molecule has 0 fully saturated rings. The third-order valence-corrected chi connectivity index (χ3v) is 24.1. The summed E-state index contributed by atoms with van der Waals surface area (Å²) in [4.78, 5) is 62.0. The maximum Gasteiger partial charge on any atom is 0.300 e. The second-order valence-electron chi connectivity index (χ2n) is 22.5. The number of hydrogen-bond donors (Lipinski definition) is 0. The second kappa shape index (κ2) is 26.0. The van der Waals surface area contributed by atoms with E-state index in [9.17, 15) is 0 Å². The van der Waals surface area contributed by atoms with E-state index in [1.165, 1.54) is 48.5 Å². The number of carbonyl (C=O) groups is 4. The van der Waals surface area contributed by atoms with Crippen molar-refractivity contribution in [1.29, 1.82) is 0 Å². The first-order valence-corrected chi connectivity index (χ1v) is 34.4. The van der Waals surface area contributed by atoms with E-state index in [0.29, 0.717) is 44.5 Å². The predicted octanol–water partition coefficient (Wildman–Crippen LogP) is 15.5. The number of carbonyl (C=O) groups excluding carboxylic acids is 4. The molecule has 0 saturated carbocycles. The Balaban J connectivity index is 1.41. The first-order chi connectivity index (χ1) is 40.2. The second-order valence-corrected chi connectivity index (χ2v) is 31.6. The van der Waals surface area contributed by atoms with Crippen LogP contribution in [0.4, 0.5) is 0 Å². The monoisotopic (exact) mass is 1220 g/mol. The van der Waals surface area contributed by atoms with Crippen LogP contribution in [0.2, 0.25) is 0 Å². The number of aryl methyl sites for hydroxylation is 12. The Morgan fingerprint density at radius 2 is 0.435 bits per heavy atom. The van der Waals surface area contributed by atoms with Crippen LogP contribution >= 0.6 is 29.5 Å². The Morgan fingerprint density at radius 1 is 0.282 bits per heavy atom. The molecule has 0 bridgehead atoms. The summed E-state index contributed by atoms with van der Waals surface area (Å²) in [5.41, 5.74) is 2.22. The van der Waals surface area contributed by atoms with Crippen LogP contribution < -0.4 is 21.2 Å². The van der Waals surface area contributed by atoms with Crippen molar-refractivity contribution in [1.82, 2.24) is 0 Å². The summed E-state index contributed by atoms with van der Waals surface area (Å²) in [5.74, 6) is 0. The maximum atomic E-state index is 16.4. The van der Waals surface area contributed by atoms with Gasteiger partial charge in [0, 0.05) is 43.5 Å². The van der Waals surface area contributed by atoms with Crippen molar-refractivity contribution in [3.63, 3.8) is 0 Å². The van der Waals surface area contributed by atoms with Crippen LogP contribution in [0.1, 0.15) is 108 Å². The van der Waals surface area contributed by atoms with Crippen LogP contribution in [0.25, 0.3) is 0 Å². The molecule has 0 saturated heterocycles. The average Bonchev–Trinajstić information content (AvgIpc) is 3.61. The summed E-state index contributed by atoms with van der Waals surface area (Å²) in [7, 11) is -19.5. The third kappa shape index (κ3) is 13.3. The number of benzene rings is 8. The molecule has 0 aliphatic rings. The van der Waals surface area contributed by atoms with Crippen LogP contribution in [0.5, 0.6) is 0 Å². The van der Waals surface area contributed by atoms with Crippen LogP contribution in [0, 0.1) is 88.5 Å². The lowest BCUT2D eigenvalue weighted by atomic mass is 9.93.